The summed E-state index contributed by atoms with van der Waals surface area (Å²) in [5.41, 5.74) is 0. The van der Waals surface area contributed by atoms with E-state index in [9.17, 15) is 0 Å². The van der Waals surface area contributed by atoms with Crippen molar-refractivity contribution in [1.29, 1.82) is 0 Å². The highest BCUT2D eigenvalue weighted by atomic mass is 35.5. The highest BCUT2D eigenvalue weighted by molar-refractivity contribution is 6.44. The highest BCUT2D eigenvalue weighted by Crippen LogP contribution is 2.48. The van der Waals surface area contributed by atoms with Crippen molar-refractivity contribution in [3.63, 3.8) is 0 Å². The monoisotopic (exact) mass is 250 g/mol. The lowest BCUT2D eigenvalue weighted by Crippen LogP contribution is -2.21. The zero-order valence-electron chi connectivity index (χ0n) is 7.24. The molecule has 1 heterocycles. The van der Waals surface area contributed by atoms with Gasteiger partial charge < -0.3 is 24.2 Å². The molecular weight excluding hydrogens is 246 g/mol. The molecule has 0 saturated carbocycles. The second-order valence-corrected chi connectivity index (χ2v) is 3.46. The highest BCUT2D eigenvalue weighted by Gasteiger charge is 2.27. The summed E-state index contributed by atoms with van der Waals surface area (Å²) in [6.45, 7) is 0.00386. The van der Waals surface area contributed by atoms with Crippen LogP contribution >= 0.6 is 23.2 Å². The third-order valence-corrected chi connectivity index (χ3v) is 2.51. The average molecular weight is 251 g/mol. The van der Waals surface area contributed by atoms with E-state index >= 15 is 0 Å². The van der Waals surface area contributed by atoms with Crippen LogP contribution in [0.1, 0.15) is 0 Å². The molecule has 1 aromatic carbocycles. The van der Waals surface area contributed by atoms with Crippen LogP contribution in [0, 0.1) is 0 Å². The number of ether oxygens (including phenoxy) is 2. The third kappa shape index (κ3) is 1.94. The quantitative estimate of drug-likeness (QED) is 0.769. The Hall–Kier alpha value is -0.815. The fourth-order valence-electron chi connectivity index (χ4n) is 1.17. The minimum absolute atomic E-state index is 0.00386. The molecule has 2 rings (SSSR count). The number of hydrogen-bond acceptors (Lipinski definition) is 5. The Morgan fingerprint density at radius 1 is 1.33 bits per heavy atom. The van der Waals surface area contributed by atoms with Gasteiger partial charge in [0.1, 0.15) is 5.02 Å². The van der Waals surface area contributed by atoms with Gasteiger partial charge in [0.05, 0.1) is 5.02 Å². The van der Waals surface area contributed by atoms with E-state index in [0.29, 0.717) is 5.75 Å². The van der Waals surface area contributed by atoms with Crippen molar-refractivity contribution in [3.8, 4) is 17.2 Å². The average Bonchev–Trinajstić information content (AvgIpc) is 2.59. The Bertz CT molecular complexity index is 397. The lowest BCUT2D eigenvalue weighted by Gasteiger charge is -2.10. The molecule has 1 aliphatic rings. The Kier molecular flexibility index (Phi) is 2.84. The second-order valence-electron chi connectivity index (χ2n) is 2.68. The second kappa shape index (κ2) is 3.98. The first-order valence-electron chi connectivity index (χ1n) is 3.90. The molecule has 0 atom stereocenters. The fraction of sp³-hybridized carbons (Fsp3) is 0.143. The molecule has 5 nitrogen and oxygen atoms in total. The van der Waals surface area contributed by atoms with Gasteiger partial charge in [-0.15, -0.1) is 0 Å². The van der Waals surface area contributed by atoms with Crippen LogP contribution in [0.5, 0.6) is 17.2 Å². The molecule has 80 valence electrons. The fourth-order valence-corrected chi connectivity index (χ4v) is 1.54. The number of fused-ring (bicyclic) bond motifs is 1. The smallest absolute Gasteiger partial charge is 0.508 e. The van der Waals surface area contributed by atoms with Crippen LogP contribution in [0.3, 0.4) is 0 Å². The number of benzene rings is 1. The van der Waals surface area contributed by atoms with Crippen molar-refractivity contribution in [2.45, 2.75) is 0 Å². The maximum Gasteiger partial charge on any atom is 0.707 e. The van der Waals surface area contributed by atoms with Gasteiger partial charge in [-0.25, -0.2) is 0 Å². The van der Waals surface area contributed by atoms with Gasteiger partial charge in [0.25, 0.3) is 0 Å². The normalized spacial score (nSPS) is 12.8. The van der Waals surface area contributed by atoms with Crippen molar-refractivity contribution >= 4 is 30.5 Å². The van der Waals surface area contributed by atoms with Gasteiger partial charge >= 0.3 is 7.32 Å². The molecule has 0 bridgehead atoms. The van der Waals surface area contributed by atoms with E-state index in [1.165, 1.54) is 6.07 Å². The van der Waals surface area contributed by atoms with E-state index < -0.39 is 7.32 Å². The summed E-state index contributed by atoms with van der Waals surface area (Å²) in [5.74, 6) is 0.504. The summed E-state index contributed by atoms with van der Waals surface area (Å²) in [6.07, 6.45) is 0. The van der Waals surface area contributed by atoms with Crippen LogP contribution in [0.15, 0.2) is 6.07 Å². The summed E-state index contributed by atoms with van der Waals surface area (Å²) in [5, 5.41) is 17.6. The first-order chi connectivity index (χ1) is 7.09. The summed E-state index contributed by atoms with van der Waals surface area (Å²) in [4.78, 5) is 0. The number of halogens is 2. The van der Waals surface area contributed by atoms with Crippen molar-refractivity contribution in [2.75, 3.05) is 6.79 Å². The van der Waals surface area contributed by atoms with Crippen molar-refractivity contribution in [3.05, 3.63) is 16.1 Å². The predicted molar refractivity (Wildman–Crippen MR) is 53.4 cm³/mol. The van der Waals surface area contributed by atoms with E-state index in [1.54, 1.807) is 0 Å². The summed E-state index contributed by atoms with van der Waals surface area (Å²) in [7, 11) is -2.01. The molecule has 0 amide bonds. The van der Waals surface area contributed by atoms with Crippen LogP contribution < -0.4 is 14.1 Å². The van der Waals surface area contributed by atoms with E-state index in [1.807, 2.05) is 0 Å². The van der Waals surface area contributed by atoms with Crippen LogP contribution in [0.4, 0.5) is 0 Å². The van der Waals surface area contributed by atoms with Gasteiger partial charge in [-0.1, -0.05) is 23.2 Å². The molecule has 0 aliphatic carbocycles. The minimum atomic E-state index is -2.01. The molecule has 1 aliphatic heterocycles. The van der Waals surface area contributed by atoms with Crippen LogP contribution in [-0.2, 0) is 0 Å². The molecule has 2 N–H and O–H groups in total. The van der Waals surface area contributed by atoms with Crippen LogP contribution in [0.2, 0.25) is 10.0 Å². The predicted octanol–water partition coefficient (Wildman–Crippen LogP) is 1.07. The standard InChI is InChI=1S/C7H5BCl2O5/c9-3-1-4-6(14-2-13-4)7(5(3)10)15-8(11)12/h1,11-12H,2H2. The molecule has 8 heteroatoms. The van der Waals surface area contributed by atoms with Gasteiger partial charge in [0.15, 0.2) is 11.5 Å². The molecule has 0 unspecified atom stereocenters. The molecule has 15 heavy (non-hydrogen) atoms. The Morgan fingerprint density at radius 3 is 2.73 bits per heavy atom. The van der Waals surface area contributed by atoms with E-state index in [-0.39, 0.29) is 28.3 Å². The topological polar surface area (TPSA) is 68.2 Å². The first kappa shape index (κ1) is 10.7. The Morgan fingerprint density at radius 2 is 2.07 bits per heavy atom. The zero-order valence-corrected chi connectivity index (χ0v) is 8.75. The van der Waals surface area contributed by atoms with Crippen LogP contribution in [-0.4, -0.2) is 24.2 Å². The minimum Gasteiger partial charge on any atom is -0.508 e. The Labute approximate surface area is 95.3 Å². The molecule has 0 aromatic heterocycles. The van der Waals surface area contributed by atoms with Gasteiger partial charge in [0, 0.05) is 6.07 Å². The van der Waals surface area contributed by atoms with Crippen LogP contribution in [0.25, 0.3) is 0 Å². The number of rotatable bonds is 2. The van der Waals surface area contributed by atoms with E-state index in [0.717, 1.165) is 0 Å². The van der Waals surface area contributed by atoms with E-state index in [4.69, 9.17) is 42.7 Å². The van der Waals surface area contributed by atoms with Crippen molar-refractivity contribution < 1.29 is 24.2 Å². The zero-order chi connectivity index (χ0) is 11.0. The lowest BCUT2D eigenvalue weighted by molar-refractivity contribution is 0.171. The number of hydrogen-bond donors (Lipinski definition) is 2. The summed E-state index contributed by atoms with van der Waals surface area (Å²) < 4.78 is 14.8. The SMILES string of the molecule is OB(O)Oc1c(Cl)c(Cl)cc2c1OCO2. The Balaban J connectivity index is 2.50. The molecule has 0 radical (unpaired) electrons. The summed E-state index contributed by atoms with van der Waals surface area (Å²) in [6, 6.07) is 1.46. The van der Waals surface area contributed by atoms with E-state index in [2.05, 4.69) is 4.65 Å². The van der Waals surface area contributed by atoms with Gasteiger partial charge in [-0.05, 0) is 0 Å². The molecular formula is C7H5BCl2O5. The van der Waals surface area contributed by atoms with Gasteiger partial charge in [0.2, 0.25) is 12.5 Å². The molecule has 0 saturated heterocycles. The third-order valence-electron chi connectivity index (χ3n) is 1.74. The van der Waals surface area contributed by atoms with Gasteiger partial charge in [-0.3, -0.25) is 0 Å². The maximum absolute atomic E-state index is 8.69. The summed E-state index contributed by atoms with van der Waals surface area (Å²) >= 11 is 11.6. The molecule has 0 fully saturated rings. The molecule has 1 aromatic rings. The molecule has 0 spiro atoms. The maximum atomic E-state index is 8.69. The van der Waals surface area contributed by atoms with Gasteiger partial charge in [-0.2, -0.15) is 0 Å². The largest absolute Gasteiger partial charge is 0.707 e. The van der Waals surface area contributed by atoms with Crippen molar-refractivity contribution in [2.24, 2.45) is 0 Å². The lowest BCUT2D eigenvalue weighted by atomic mass is 10.2. The van der Waals surface area contributed by atoms with Crippen molar-refractivity contribution in [1.82, 2.24) is 0 Å². The first-order valence-corrected chi connectivity index (χ1v) is 4.65.